The quantitative estimate of drug-likeness (QED) is 0.374. The molecular weight excluding hydrogens is 304 g/mol. The minimum atomic E-state index is -0.517. The number of carbonyl (C=O) groups is 1. The van der Waals surface area contributed by atoms with E-state index in [9.17, 15) is 4.79 Å². The van der Waals surface area contributed by atoms with Crippen LogP contribution in [0.25, 0.3) is 0 Å². The van der Waals surface area contributed by atoms with Crippen molar-refractivity contribution in [3.05, 3.63) is 0 Å². The van der Waals surface area contributed by atoms with Crippen LogP contribution in [0, 0.1) is 0 Å². The summed E-state index contributed by atoms with van der Waals surface area (Å²) >= 11 is 1.76. The van der Waals surface area contributed by atoms with E-state index in [2.05, 4.69) is 21.9 Å². The van der Waals surface area contributed by atoms with Gasteiger partial charge in [-0.3, -0.25) is 4.79 Å². The summed E-state index contributed by atoms with van der Waals surface area (Å²) in [5.74, 6) is 1.08. The predicted octanol–water partition coefficient (Wildman–Crippen LogP) is 0.126. The van der Waals surface area contributed by atoms with Gasteiger partial charge in [-0.1, -0.05) is 0 Å². The largest absolute Gasteiger partial charge is 0.356 e. The monoisotopic (exact) mass is 332 g/mol. The highest BCUT2D eigenvalue weighted by molar-refractivity contribution is 7.98. The zero-order valence-electron chi connectivity index (χ0n) is 14.0. The fourth-order valence-corrected chi connectivity index (χ4v) is 2.15. The molecule has 1 heterocycles. The van der Waals surface area contributed by atoms with E-state index in [0.717, 1.165) is 18.7 Å². The SMILES string of the molecule is CSCCNC(=NCC(=O)N(C)C)NCCC1(C)OCCO1. The molecule has 0 aromatic carbocycles. The second kappa shape index (κ2) is 9.91. The molecule has 0 aromatic rings. The number of thioether (sulfide) groups is 1. The molecule has 0 bridgehead atoms. The summed E-state index contributed by atoms with van der Waals surface area (Å²) in [6, 6.07) is 0. The summed E-state index contributed by atoms with van der Waals surface area (Å²) < 4.78 is 11.1. The molecule has 1 saturated heterocycles. The molecule has 1 fully saturated rings. The fourth-order valence-electron chi connectivity index (χ4n) is 1.84. The Kier molecular flexibility index (Phi) is 8.59. The minimum absolute atomic E-state index is 0.0274. The van der Waals surface area contributed by atoms with Crippen LogP contribution in [0.1, 0.15) is 13.3 Å². The van der Waals surface area contributed by atoms with E-state index in [4.69, 9.17) is 9.47 Å². The number of nitrogens with zero attached hydrogens (tertiary/aromatic N) is 2. The maximum absolute atomic E-state index is 11.6. The molecule has 1 rings (SSSR count). The zero-order valence-corrected chi connectivity index (χ0v) is 14.8. The molecule has 0 spiro atoms. The van der Waals surface area contributed by atoms with E-state index in [1.165, 1.54) is 4.90 Å². The third kappa shape index (κ3) is 7.33. The summed E-state index contributed by atoms with van der Waals surface area (Å²) in [4.78, 5) is 17.5. The second-order valence-electron chi connectivity index (χ2n) is 5.38. The number of aliphatic imine (C=N–C) groups is 1. The minimum Gasteiger partial charge on any atom is -0.356 e. The van der Waals surface area contributed by atoms with E-state index >= 15 is 0 Å². The normalized spacial score (nSPS) is 17.4. The van der Waals surface area contributed by atoms with E-state index in [-0.39, 0.29) is 12.5 Å². The Morgan fingerprint density at radius 3 is 2.50 bits per heavy atom. The van der Waals surface area contributed by atoms with Gasteiger partial charge in [0.25, 0.3) is 0 Å². The highest BCUT2D eigenvalue weighted by Gasteiger charge is 2.30. The topological polar surface area (TPSA) is 75.2 Å². The number of rotatable bonds is 8. The smallest absolute Gasteiger partial charge is 0.243 e. The predicted molar refractivity (Wildman–Crippen MR) is 90.3 cm³/mol. The molecule has 22 heavy (non-hydrogen) atoms. The number of ether oxygens (including phenoxy) is 2. The fraction of sp³-hybridized carbons (Fsp3) is 0.857. The summed E-state index contributed by atoms with van der Waals surface area (Å²) in [7, 11) is 3.45. The Labute approximate surface area is 137 Å². The lowest BCUT2D eigenvalue weighted by Crippen LogP contribution is -2.42. The number of amides is 1. The first-order valence-electron chi connectivity index (χ1n) is 7.46. The van der Waals surface area contributed by atoms with Crippen LogP contribution < -0.4 is 10.6 Å². The molecule has 0 unspecified atom stereocenters. The van der Waals surface area contributed by atoms with Crippen LogP contribution in [0.3, 0.4) is 0 Å². The van der Waals surface area contributed by atoms with Crippen LogP contribution in [-0.4, -0.2) is 81.5 Å². The standard InChI is InChI=1S/C14H28N4O3S/c1-14(20-8-9-21-14)5-6-15-13(16-7-10-22-4)17-11-12(19)18(2)3/h5-11H2,1-4H3,(H2,15,16,17). The third-order valence-corrected chi connectivity index (χ3v) is 3.85. The van der Waals surface area contributed by atoms with Crippen molar-refractivity contribution in [2.45, 2.75) is 19.1 Å². The van der Waals surface area contributed by atoms with E-state index in [1.807, 2.05) is 6.92 Å². The van der Waals surface area contributed by atoms with E-state index < -0.39 is 5.79 Å². The molecule has 0 atom stereocenters. The number of nitrogens with one attached hydrogen (secondary N) is 2. The van der Waals surface area contributed by atoms with Crippen LogP contribution in [-0.2, 0) is 14.3 Å². The van der Waals surface area contributed by atoms with Crippen molar-refractivity contribution in [3.8, 4) is 0 Å². The van der Waals surface area contributed by atoms with Crippen molar-refractivity contribution in [2.75, 3.05) is 59.0 Å². The molecular formula is C14H28N4O3S. The van der Waals surface area contributed by atoms with Gasteiger partial charge in [0.2, 0.25) is 5.91 Å². The Balaban J connectivity index is 2.42. The maximum Gasteiger partial charge on any atom is 0.243 e. The Bertz CT molecular complexity index is 371. The Morgan fingerprint density at radius 2 is 1.91 bits per heavy atom. The van der Waals surface area contributed by atoms with Crippen molar-refractivity contribution in [1.82, 2.24) is 15.5 Å². The second-order valence-corrected chi connectivity index (χ2v) is 6.37. The van der Waals surface area contributed by atoms with Gasteiger partial charge in [-0.2, -0.15) is 11.8 Å². The lowest BCUT2D eigenvalue weighted by atomic mass is 10.2. The summed E-state index contributed by atoms with van der Waals surface area (Å²) in [5, 5.41) is 6.44. The van der Waals surface area contributed by atoms with Crippen LogP contribution in [0.2, 0.25) is 0 Å². The van der Waals surface area contributed by atoms with E-state index in [0.29, 0.717) is 25.7 Å². The number of hydrogen-bond donors (Lipinski definition) is 2. The number of guanidine groups is 1. The molecule has 8 heteroatoms. The Morgan fingerprint density at radius 1 is 1.27 bits per heavy atom. The Hall–Kier alpha value is -0.990. The first-order valence-corrected chi connectivity index (χ1v) is 8.85. The van der Waals surface area contributed by atoms with Gasteiger partial charge in [-0.05, 0) is 13.2 Å². The van der Waals surface area contributed by atoms with Crippen molar-refractivity contribution >= 4 is 23.6 Å². The number of carbonyl (C=O) groups excluding carboxylic acids is 1. The van der Waals surface area contributed by atoms with Crippen molar-refractivity contribution in [2.24, 2.45) is 4.99 Å². The average Bonchev–Trinajstić information content (AvgIpc) is 2.90. The van der Waals surface area contributed by atoms with Gasteiger partial charge < -0.3 is 25.0 Å². The lowest BCUT2D eigenvalue weighted by molar-refractivity contribution is -0.145. The molecule has 1 aliphatic heterocycles. The van der Waals surface area contributed by atoms with Gasteiger partial charge in [-0.15, -0.1) is 0 Å². The van der Waals surface area contributed by atoms with Crippen LogP contribution in [0.4, 0.5) is 0 Å². The summed E-state index contributed by atoms with van der Waals surface area (Å²) in [6.45, 7) is 4.81. The van der Waals surface area contributed by atoms with Gasteiger partial charge in [0.15, 0.2) is 11.7 Å². The lowest BCUT2D eigenvalue weighted by Gasteiger charge is -2.23. The van der Waals surface area contributed by atoms with Crippen LogP contribution in [0.15, 0.2) is 4.99 Å². The van der Waals surface area contributed by atoms with Gasteiger partial charge in [0.05, 0.1) is 13.2 Å². The summed E-state index contributed by atoms with van der Waals surface area (Å²) in [5.41, 5.74) is 0. The molecule has 0 aromatic heterocycles. The molecule has 0 saturated carbocycles. The first-order chi connectivity index (χ1) is 10.5. The highest BCUT2D eigenvalue weighted by atomic mass is 32.2. The molecule has 0 aliphatic carbocycles. The number of likely N-dealkylation sites (N-methyl/N-ethyl adjacent to an activating group) is 1. The molecule has 7 nitrogen and oxygen atoms in total. The van der Waals surface area contributed by atoms with Crippen molar-refractivity contribution < 1.29 is 14.3 Å². The first kappa shape index (κ1) is 19.1. The maximum atomic E-state index is 11.6. The zero-order chi connectivity index (χ0) is 16.4. The molecule has 1 aliphatic rings. The van der Waals surface area contributed by atoms with Crippen LogP contribution >= 0.6 is 11.8 Å². The molecule has 2 N–H and O–H groups in total. The third-order valence-electron chi connectivity index (χ3n) is 3.24. The van der Waals surface area contributed by atoms with Gasteiger partial charge in [-0.25, -0.2) is 4.99 Å². The van der Waals surface area contributed by atoms with Crippen molar-refractivity contribution in [3.63, 3.8) is 0 Å². The highest BCUT2D eigenvalue weighted by Crippen LogP contribution is 2.21. The van der Waals surface area contributed by atoms with Crippen LogP contribution in [0.5, 0.6) is 0 Å². The van der Waals surface area contributed by atoms with Gasteiger partial charge in [0.1, 0.15) is 6.54 Å². The molecule has 1 amide bonds. The van der Waals surface area contributed by atoms with E-state index in [1.54, 1.807) is 25.9 Å². The number of hydrogen-bond acceptors (Lipinski definition) is 5. The molecule has 0 radical (unpaired) electrons. The van der Waals surface area contributed by atoms with Gasteiger partial charge >= 0.3 is 0 Å². The summed E-state index contributed by atoms with van der Waals surface area (Å²) in [6.07, 6.45) is 2.77. The van der Waals surface area contributed by atoms with Crippen molar-refractivity contribution in [1.29, 1.82) is 0 Å². The van der Waals surface area contributed by atoms with Gasteiger partial charge in [0, 0.05) is 39.4 Å². The molecule has 128 valence electrons. The average molecular weight is 332 g/mol.